The van der Waals surface area contributed by atoms with E-state index < -0.39 is 0 Å². The van der Waals surface area contributed by atoms with Crippen LogP contribution in [0.1, 0.15) is 17.5 Å². The number of ether oxygens (including phenoxy) is 1. The summed E-state index contributed by atoms with van der Waals surface area (Å²) in [5, 5.41) is 6.26. The standard InChI is InChI=1S/C23H24N2O2/c1-18-9-5-6-10-19(18)17-25-23(26)15-16-24-21-13-7-8-14-22(21)27-20-11-3-2-4-12-20/h2-14,24H,15-17H2,1H3,(H,25,26). The maximum absolute atomic E-state index is 12.1. The number of hydrogen-bond acceptors (Lipinski definition) is 3. The minimum absolute atomic E-state index is 0.0206. The molecule has 4 nitrogen and oxygen atoms in total. The first kappa shape index (κ1) is 18.5. The lowest BCUT2D eigenvalue weighted by molar-refractivity contribution is -0.121. The number of nitrogens with one attached hydrogen (secondary N) is 2. The van der Waals surface area contributed by atoms with Gasteiger partial charge in [-0.3, -0.25) is 4.79 Å². The molecule has 0 aromatic heterocycles. The summed E-state index contributed by atoms with van der Waals surface area (Å²) in [5.41, 5.74) is 3.19. The molecule has 0 aliphatic carbocycles. The monoisotopic (exact) mass is 360 g/mol. The second-order valence-electron chi connectivity index (χ2n) is 6.29. The Morgan fingerprint density at radius 1 is 0.889 bits per heavy atom. The second-order valence-corrected chi connectivity index (χ2v) is 6.29. The molecule has 0 unspecified atom stereocenters. The molecule has 27 heavy (non-hydrogen) atoms. The molecule has 3 aromatic rings. The third kappa shape index (κ3) is 5.61. The first-order chi connectivity index (χ1) is 13.2. The molecule has 0 spiro atoms. The Bertz CT molecular complexity index is 878. The molecule has 0 saturated carbocycles. The maximum atomic E-state index is 12.1. The molecule has 0 saturated heterocycles. The quantitative estimate of drug-likeness (QED) is 0.600. The van der Waals surface area contributed by atoms with Gasteiger partial charge in [-0.25, -0.2) is 0 Å². The molecule has 0 heterocycles. The first-order valence-electron chi connectivity index (χ1n) is 9.09. The molecular weight excluding hydrogens is 336 g/mol. The van der Waals surface area contributed by atoms with Crippen LogP contribution in [-0.4, -0.2) is 12.5 Å². The Morgan fingerprint density at radius 3 is 2.41 bits per heavy atom. The van der Waals surface area contributed by atoms with Crippen molar-refractivity contribution in [1.29, 1.82) is 0 Å². The summed E-state index contributed by atoms with van der Waals surface area (Å²) in [5.74, 6) is 1.54. The van der Waals surface area contributed by atoms with Gasteiger partial charge >= 0.3 is 0 Å². The van der Waals surface area contributed by atoms with Gasteiger partial charge in [0.15, 0.2) is 5.75 Å². The number of aryl methyl sites for hydroxylation is 1. The Labute approximate surface area is 160 Å². The van der Waals surface area contributed by atoms with Gasteiger partial charge in [0.2, 0.25) is 5.91 Å². The van der Waals surface area contributed by atoms with Gasteiger partial charge in [0.1, 0.15) is 5.75 Å². The van der Waals surface area contributed by atoms with Crippen LogP contribution in [0.15, 0.2) is 78.9 Å². The van der Waals surface area contributed by atoms with Crippen LogP contribution < -0.4 is 15.4 Å². The van der Waals surface area contributed by atoms with Crippen LogP contribution in [0.2, 0.25) is 0 Å². The van der Waals surface area contributed by atoms with Crippen molar-refractivity contribution in [2.75, 3.05) is 11.9 Å². The number of rotatable bonds is 8. The minimum Gasteiger partial charge on any atom is -0.455 e. The highest BCUT2D eigenvalue weighted by Crippen LogP contribution is 2.28. The van der Waals surface area contributed by atoms with Crippen molar-refractivity contribution in [1.82, 2.24) is 5.32 Å². The zero-order valence-electron chi connectivity index (χ0n) is 15.4. The van der Waals surface area contributed by atoms with Gasteiger partial charge in [-0.15, -0.1) is 0 Å². The lowest BCUT2D eigenvalue weighted by Gasteiger charge is -2.13. The highest BCUT2D eigenvalue weighted by atomic mass is 16.5. The molecule has 0 bridgehead atoms. The molecule has 2 N–H and O–H groups in total. The summed E-state index contributed by atoms with van der Waals surface area (Å²) in [6, 6.07) is 25.4. The SMILES string of the molecule is Cc1ccccc1CNC(=O)CCNc1ccccc1Oc1ccccc1. The van der Waals surface area contributed by atoms with E-state index in [1.165, 1.54) is 5.56 Å². The number of para-hydroxylation sites is 3. The van der Waals surface area contributed by atoms with Gasteiger partial charge in [0.25, 0.3) is 0 Å². The number of anilines is 1. The van der Waals surface area contributed by atoms with Gasteiger partial charge in [-0.1, -0.05) is 54.6 Å². The molecule has 138 valence electrons. The average molecular weight is 360 g/mol. The highest BCUT2D eigenvalue weighted by molar-refractivity contribution is 5.76. The van der Waals surface area contributed by atoms with Crippen LogP contribution in [0, 0.1) is 6.92 Å². The number of benzene rings is 3. The van der Waals surface area contributed by atoms with Crippen molar-refractivity contribution in [3.8, 4) is 11.5 Å². The van der Waals surface area contributed by atoms with E-state index in [0.717, 1.165) is 22.7 Å². The van der Waals surface area contributed by atoms with Crippen molar-refractivity contribution in [3.63, 3.8) is 0 Å². The van der Waals surface area contributed by atoms with Crippen molar-refractivity contribution in [2.24, 2.45) is 0 Å². The van der Waals surface area contributed by atoms with E-state index in [0.29, 0.717) is 19.5 Å². The van der Waals surface area contributed by atoms with Crippen molar-refractivity contribution < 1.29 is 9.53 Å². The zero-order chi connectivity index (χ0) is 18.9. The smallest absolute Gasteiger partial charge is 0.222 e. The molecular formula is C23H24N2O2. The third-order valence-corrected chi connectivity index (χ3v) is 4.26. The van der Waals surface area contributed by atoms with Crippen LogP contribution in [0.3, 0.4) is 0 Å². The topological polar surface area (TPSA) is 50.4 Å². The predicted octanol–water partition coefficient (Wildman–Crippen LogP) is 4.91. The Kier molecular flexibility index (Phi) is 6.47. The molecule has 0 aliphatic heterocycles. The predicted molar refractivity (Wildman–Crippen MR) is 109 cm³/mol. The number of carbonyl (C=O) groups is 1. The van der Waals surface area contributed by atoms with Crippen LogP contribution in [-0.2, 0) is 11.3 Å². The number of amides is 1. The third-order valence-electron chi connectivity index (χ3n) is 4.26. The van der Waals surface area contributed by atoms with Gasteiger partial charge in [0, 0.05) is 19.5 Å². The number of carbonyl (C=O) groups excluding carboxylic acids is 1. The fourth-order valence-electron chi connectivity index (χ4n) is 2.72. The van der Waals surface area contributed by atoms with E-state index in [1.807, 2.05) is 85.8 Å². The average Bonchev–Trinajstić information content (AvgIpc) is 2.69. The van der Waals surface area contributed by atoms with E-state index in [4.69, 9.17) is 4.74 Å². The van der Waals surface area contributed by atoms with Gasteiger partial charge in [0.05, 0.1) is 5.69 Å². The molecule has 0 aliphatic rings. The second kappa shape index (κ2) is 9.43. The number of hydrogen-bond donors (Lipinski definition) is 2. The van der Waals surface area contributed by atoms with Crippen molar-refractivity contribution >= 4 is 11.6 Å². The fourth-order valence-corrected chi connectivity index (χ4v) is 2.72. The minimum atomic E-state index is 0.0206. The lowest BCUT2D eigenvalue weighted by Crippen LogP contribution is -2.25. The summed E-state index contributed by atoms with van der Waals surface area (Å²) in [6.45, 7) is 3.14. The zero-order valence-corrected chi connectivity index (χ0v) is 15.4. The van der Waals surface area contributed by atoms with Gasteiger partial charge in [-0.2, -0.15) is 0 Å². The van der Waals surface area contributed by atoms with E-state index in [9.17, 15) is 4.79 Å². The maximum Gasteiger partial charge on any atom is 0.222 e. The normalized spacial score (nSPS) is 10.3. The van der Waals surface area contributed by atoms with Crippen LogP contribution in [0.25, 0.3) is 0 Å². The molecule has 4 heteroatoms. The van der Waals surface area contributed by atoms with Crippen LogP contribution in [0.5, 0.6) is 11.5 Å². The molecule has 0 fully saturated rings. The van der Waals surface area contributed by atoms with E-state index in [1.54, 1.807) is 0 Å². The summed E-state index contributed by atoms with van der Waals surface area (Å²) in [4.78, 5) is 12.1. The van der Waals surface area contributed by atoms with Gasteiger partial charge < -0.3 is 15.4 Å². The summed E-state index contributed by atoms with van der Waals surface area (Å²) >= 11 is 0. The largest absolute Gasteiger partial charge is 0.455 e. The first-order valence-corrected chi connectivity index (χ1v) is 9.09. The molecule has 3 aromatic carbocycles. The molecule has 3 rings (SSSR count). The summed E-state index contributed by atoms with van der Waals surface area (Å²) in [7, 11) is 0. The molecule has 0 radical (unpaired) electrons. The Morgan fingerprint density at radius 2 is 1.59 bits per heavy atom. The van der Waals surface area contributed by atoms with Crippen LogP contribution >= 0.6 is 0 Å². The van der Waals surface area contributed by atoms with Crippen molar-refractivity contribution in [2.45, 2.75) is 19.9 Å². The highest BCUT2D eigenvalue weighted by Gasteiger charge is 2.06. The fraction of sp³-hybridized carbons (Fsp3) is 0.174. The van der Waals surface area contributed by atoms with Crippen molar-refractivity contribution in [3.05, 3.63) is 90.0 Å². The van der Waals surface area contributed by atoms with Crippen LogP contribution in [0.4, 0.5) is 5.69 Å². The van der Waals surface area contributed by atoms with E-state index in [-0.39, 0.29) is 5.91 Å². The van der Waals surface area contributed by atoms with E-state index >= 15 is 0 Å². The Hall–Kier alpha value is -3.27. The lowest BCUT2D eigenvalue weighted by atomic mass is 10.1. The van der Waals surface area contributed by atoms with E-state index in [2.05, 4.69) is 10.6 Å². The molecule has 1 amide bonds. The van der Waals surface area contributed by atoms with Gasteiger partial charge in [-0.05, 0) is 42.3 Å². The summed E-state index contributed by atoms with van der Waals surface area (Å²) in [6.07, 6.45) is 0.394. The molecule has 0 atom stereocenters. The summed E-state index contributed by atoms with van der Waals surface area (Å²) < 4.78 is 5.92. The Balaban J connectivity index is 1.49.